The van der Waals surface area contributed by atoms with E-state index in [9.17, 15) is 9.59 Å². The minimum atomic E-state index is -0.228. The van der Waals surface area contributed by atoms with Gasteiger partial charge in [-0.15, -0.1) is 0 Å². The lowest BCUT2D eigenvalue weighted by Gasteiger charge is -2.24. The normalized spacial score (nSPS) is 30.1. The predicted molar refractivity (Wildman–Crippen MR) is 68.2 cm³/mol. The first kappa shape index (κ1) is 12.9. The minimum Gasteiger partial charge on any atom is -0.465 e. The maximum Gasteiger partial charge on any atom is 0.309 e. The molecule has 0 bridgehead atoms. The van der Waals surface area contributed by atoms with Crippen LogP contribution in [0.25, 0.3) is 0 Å². The van der Waals surface area contributed by atoms with Crippen LogP contribution in [0.5, 0.6) is 0 Å². The lowest BCUT2D eigenvalue weighted by atomic mass is 9.86. The Morgan fingerprint density at radius 3 is 1.53 bits per heavy atom. The quantitative estimate of drug-likeness (QED) is 0.692. The molecule has 0 aromatic carbocycles. The van der Waals surface area contributed by atoms with Crippen LogP contribution < -0.4 is 0 Å². The Morgan fingerprint density at radius 1 is 0.789 bits per heavy atom. The summed E-state index contributed by atoms with van der Waals surface area (Å²) in [5, 5.41) is 0. The number of carbonyl (C=O) groups is 2. The van der Waals surface area contributed by atoms with Crippen molar-refractivity contribution in [1.82, 2.24) is 0 Å². The van der Waals surface area contributed by atoms with Gasteiger partial charge in [0.2, 0.25) is 0 Å². The second-order valence-electron chi connectivity index (χ2n) is 6.30. The Morgan fingerprint density at radius 2 is 1.21 bits per heavy atom. The minimum absolute atomic E-state index is 0.197. The van der Waals surface area contributed by atoms with Gasteiger partial charge in [0, 0.05) is 0 Å². The van der Waals surface area contributed by atoms with Crippen molar-refractivity contribution < 1.29 is 19.1 Å². The predicted octanol–water partition coefficient (Wildman–Crippen LogP) is 2.31. The monoisotopic (exact) mass is 266 g/mol. The van der Waals surface area contributed by atoms with E-state index in [4.69, 9.17) is 9.47 Å². The molecule has 2 atom stereocenters. The highest BCUT2D eigenvalue weighted by Crippen LogP contribution is 2.41. The summed E-state index contributed by atoms with van der Waals surface area (Å²) in [7, 11) is 0. The highest BCUT2D eigenvalue weighted by Gasteiger charge is 2.50. The zero-order valence-corrected chi connectivity index (χ0v) is 11.3. The second kappa shape index (κ2) is 5.51. The van der Waals surface area contributed by atoms with Crippen LogP contribution in [-0.2, 0) is 19.1 Å². The van der Waals surface area contributed by atoms with Crippen molar-refractivity contribution in [2.75, 3.05) is 13.2 Å². The lowest BCUT2D eigenvalue weighted by molar-refractivity contribution is -0.153. The van der Waals surface area contributed by atoms with Crippen LogP contribution in [0.4, 0.5) is 0 Å². The lowest BCUT2D eigenvalue weighted by Crippen LogP contribution is -2.23. The molecule has 0 radical (unpaired) electrons. The fourth-order valence-electron chi connectivity index (χ4n) is 2.65. The first-order chi connectivity index (χ1) is 9.24. The number of hydrogen-bond donors (Lipinski definition) is 0. The van der Waals surface area contributed by atoms with Crippen molar-refractivity contribution >= 4 is 11.9 Å². The molecular weight excluding hydrogens is 244 g/mol. The van der Waals surface area contributed by atoms with Gasteiger partial charge < -0.3 is 9.47 Å². The van der Waals surface area contributed by atoms with E-state index in [1.807, 2.05) is 0 Å². The van der Waals surface area contributed by atoms with Gasteiger partial charge in [0.05, 0.1) is 25.0 Å². The maximum atomic E-state index is 11.7. The van der Waals surface area contributed by atoms with Gasteiger partial charge >= 0.3 is 11.9 Å². The summed E-state index contributed by atoms with van der Waals surface area (Å²) in [4.78, 5) is 23.5. The van der Waals surface area contributed by atoms with Gasteiger partial charge in [-0.2, -0.15) is 0 Å². The standard InChI is InChI=1S/C15H22O4/c16-14(18-8-10-3-1-4-10)12-7-13(12)15(17)19-9-11-5-2-6-11/h10-13H,1-9H2/t12-,13-/m1/s1. The van der Waals surface area contributed by atoms with Crippen molar-refractivity contribution in [2.45, 2.75) is 44.9 Å². The highest BCUT2D eigenvalue weighted by molar-refractivity contribution is 5.87. The molecule has 19 heavy (non-hydrogen) atoms. The Labute approximate surface area is 113 Å². The first-order valence-electron chi connectivity index (χ1n) is 7.57. The van der Waals surface area contributed by atoms with Crippen molar-refractivity contribution in [3.8, 4) is 0 Å². The summed E-state index contributed by atoms with van der Waals surface area (Å²) in [6.45, 7) is 1.08. The average Bonchev–Trinajstić information content (AvgIpc) is 3.04. The van der Waals surface area contributed by atoms with Gasteiger partial charge in [-0.1, -0.05) is 12.8 Å². The van der Waals surface area contributed by atoms with Crippen LogP contribution in [0.2, 0.25) is 0 Å². The Hall–Kier alpha value is -1.06. The molecule has 0 saturated heterocycles. The molecule has 3 saturated carbocycles. The molecule has 3 fully saturated rings. The molecule has 0 unspecified atom stereocenters. The van der Waals surface area contributed by atoms with Crippen LogP contribution in [0.15, 0.2) is 0 Å². The van der Waals surface area contributed by atoms with Crippen molar-refractivity contribution in [3.63, 3.8) is 0 Å². The van der Waals surface area contributed by atoms with Crippen LogP contribution in [-0.4, -0.2) is 25.2 Å². The van der Waals surface area contributed by atoms with Gasteiger partial charge in [-0.05, 0) is 43.9 Å². The summed E-state index contributed by atoms with van der Waals surface area (Å²) in [6.07, 6.45) is 7.81. The Balaban J connectivity index is 1.32. The van der Waals surface area contributed by atoms with Crippen LogP contribution in [0, 0.1) is 23.7 Å². The van der Waals surface area contributed by atoms with Crippen molar-refractivity contribution in [1.29, 1.82) is 0 Å². The van der Waals surface area contributed by atoms with E-state index in [0.717, 1.165) is 0 Å². The molecular formula is C15H22O4. The number of ether oxygens (including phenoxy) is 2. The fourth-order valence-corrected chi connectivity index (χ4v) is 2.65. The topological polar surface area (TPSA) is 52.6 Å². The van der Waals surface area contributed by atoms with Gasteiger partial charge in [-0.25, -0.2) is 0 Å². The van der Waals surface area contributed by atoms with E-state index in [2.05, 4.69) is 0 Å². The van der Waals surface area contributed by atoms with E-state index in [0.29, 0.717) is 31.5 Å². The molecule has 0 heterocycles. The molecule has 0 aromatic heterocycles. The average molecular weight is 266 g/mol. The SMILES string of the molecule is O=C(OCC1CCC1)[C@@H]1C[C@H]1C(=O)OCC1CCC1. The third-order valence-electron chi connectivity index (χ3n) is 4.77. The molecule has 0 amide bonds. The molecule has 0 aliphatic heterocycles. The number of hydrogen-bond acceptors (Lipinski definition) is 4. The smallest absolute Gasteiger partial charge is 0.309 e. The molecule has 4 heteroatoms. The third-order valence-corrected chi connectivity index (χ3v) is 4.77. The van der Waals surface area contributed by atoms with E-state index in [1.165, 1.54) is 38.5 Å². The fraction of sp³-hybridized carbons (Fsp3) is 0.867. The maximum absolute atomic E-state index is 11.7. The Bertz CT molecular complexity index is 323. The number of carbonyl (C=O) groups excluding carboxylic acids is 2. The summed E-state index contributed by atoms with van der Waals surface area (Å²) < 4.78 is 10.5. The summed E-state index contributed by atoms with van der Waals surface area (Å²) >= 11 is 0. The molecule has 3 aliphatic rings. The molecule has 106 valence electrons. The molecule has 3 aliphatic carbocycles. The van der Waals surface area contributed by atoms with Gasteiger partial charge in [0.15, 0.2) is 0 Å². The summed E-state index contributed by atoms with van der Waals surface area (Å²) in [5.74, 6) is 0.274. The first-order valence-corrected chi connectivity index (χ1v) is 7.57. The zero-order chi connectivity index (χ0) is 13.2. The third kappa shape index (κ3) is 3.10. The van der Waals surface area contributed by atoms with E-state index in [1.54, 1.807) is 0 Å². The van der Waals surface area contributed by atoms with Crippen LogP contribution in [0.3, 0.4) is 0 Å². The van der Waals surface area contributed by atoms with E-state index < -0.39 is 0 Å². The van der Waals surface area contributed by atoms with Crippen molar-refractivity contribution in [3.05, 3.63) is 0 Å². The molecule has 0 N–H and O–H groups in total. The van der Waals surface area contributed by atoms with Gasteiger partial charge in [-0.3, -0.25) is 9.59 Å². The highest BCUT2D eigenvalue weighted by atomic mass is 16.5. The molecule has 0 spiro atoms. The number of rotatable bonds is 6. The van der Waals surface area contributed by atoms with Crippen LogP contribution >= 0.6 is 0 Å². The van der Waals surface area contributed by atoms with E-state index in [-0.39, 0.29) is 23.8 Å². The van der Waals surface area contributed by atoms with Gasteiger partial charge in [0.25, 0.3) is 0 Å². The summed E-state index contributed by atoms with van der Waals surface area (Å²) in [5.41, 5.74) is 0. The zero-order valence-electron chi connectivity index (χ0n) is 11.3. The largest absolute Gasteiger partial charge is 0.465 e. The van der Waals surface area contributed by atoms with Crippen LogP contribution in [0.1, 0.15) is 44.9 Å². The molecule has 4 nitrogen and oxygen atoms in total. The van der Waals surface area contributed by atoms with E-state index >= 15 is 0 Å². The molecule has 0 aromatic rings. The van der Waals surface area contributed by atoms with Gasteiger partial charge in [0.1, 0.15) is 0 Å². The summed E-state index contributed by atoms with van der Waals surface area (Å²) in [6, 6.07) is 0. The molecule has 3 rings (SSSR count). The second-order valence-corrected chi connectivity index (χ2v) is 6.30. The number of esters is 2. The Kier molecular flexibility index (Phi) is 3.76. The van der Waals surface area contributed by atoms with Crippen molar-refractivity contribution in [2.24, 2.45) is 23.7 Å².